The van der Waals surface area contributed by atoms with Gasteiger partial charge in [0.1, 0.15) is 5.82 Å². The Morgan fingerprint density at radius 2 is 2.18 bits per heavy atom. The number of aromatic nitrogens is 1. The highest BCUT2D eigenvalue weighted by Crippen LogP contribution is 2.22. The molecule has 0 bridgehead atoms. The second-order valence-corrected chi connectivity index (χ2v) is 2.52. The molecule has 0 aromatic carbocycles. The van der Waals surface area contributed by atoms with Gasteiger partial charge in [0.05, 0.1) is 17.6 Å². The van der Waals surface area contributed by atoms with Crippen molar-refractivity contribution in [2.24, 2.45) is 0 Å². The molecular weight excluding hydrogens is 140 g/mol. The maximum atomic E-state index is 5.55. The molecule has 4 N–H and O–H groups in total. The zero-order valence-electron chi connectivity index (χ0n) is 6.09. The summed E-state index contributed by atoms with van der Waals surface area (Å²) in [6, 6.07) is 1.88. The van der Waals surface area contributed by atoms with Gasteiger partial charge >= 0.3 is 0 Å². The summed E-state index contributed by atoms with van der Waals surface area (Å²) in [4.78, 5) is 4.12. The van der Waals surface area contributed by atoms with Gasteiger partial charge in [0.25, 0.3) is 0 Å². The molecular formula is C7H10N4. The first kappa shape index (κ1) is 6.27. The lowest BCUT2D eigenvalue weighted by Crippen LogP contribution is -2.21. The monoisotopic (exact) mass is 150 g/mol. The van der Waals surface area contributed by atoms with Gasteiger partial charge in [-0.05, 0) is 6.07 Å². The number of rotatable bonds is 0. The highest BCUT2D eigenvalue weighted by Gasteiger charge is 2.07. The SMILES string of the molecule is Nc1cnc2c(c1)NCCN2. The van der Waals surface area contributed by atoms with E-state index >= 15 is 0 Å². The van der Waals surface area contributed by atoms with Gasteiger partial charge in [0.2, 0.25) is 0 Å². The number of nitrogens with two attached hydrogens (primary N) is 1. The normalized spacial score (nSPS) is 14.5. The molecule has 0 unspecified atom stereocenters. The first-order valence-corrected chi connectivity index (χ1v) is 3.59. The Kier molecular flexibility index (Phi) is 1.31. The van der Waals surface area contributed by atoms with Gasteiger partial charge in [-0.15, -0.1) is 0 Å². The van der Waals surface area contributed by atoms with Crippen molar-refractivity contribution in [1.29, 1.82) is 0 Å². The molecule has 0 spiro atoms. The maximum absolute atomic E-state index is 5.55. The number of fused-ring (bicyclic) bond motifs is 1. The van der Waals surface area contributed by atoms with Crippen LogP contribution in [0, 0.1) is 0 Å². The summed E-state index contributed by atoms with van der Waals surface area (Å²) < 4.78 is 0. The molecule has 1 aromatic rings. The Morgan fingerprint density at radius 3 is 3.09 bits per heavy atom. The van der Waals surface area contributed by atoms with Crippen LogP contribution in [0.1, 0.15) is 0 Å². The van der Waals surface area contributed by atoms with Crippen molar-refractivity contribution in [2.45, 2.75) is 0 Å². The molecule has 1 aliphatic rings. The molecule has 2 rings (SSSR count). The average molecular weight is 150 g/mol. The minimum atomic E-state index is 0.694. The van der Waals surface area contributed by atoms with Crippen molar-refractivity contribution in [3.63, 3.8) is 0 Å². The smallest absolute Gasteiger partial charge is 0.149 e. The van der Waals surface area contributed by atoms with Crippen LogP contribution >= 0.6 is 0 Å². The summed E-state index contributed by atoms with van der Waals surface area (Å²) in [5.41, 5.74) is 7.24. The summed E-state index contributed by atoms with van der Waals surface area (Å²) in [7, 11) is 0. The fourth-order valence-corrected chi connectivity index (χ4v) is 1.13. The summed E-state index contributed by atoms with van der Waals surface area (Å²) in [5, 5.41) is 6.36. The second kappa shape index (κ2) is 2.30. The van der Waals surface area contributed by atoms with Gasteiger partial charge in [-0.3, -0.25) is 0 Å². The van der Waals surface area contributed by atoms with Crippen LogP contribution in [-0.4, -0.2) is 18.1 Å². The predicted molar refractivity (Wildman–Crippen MR) is 45.6 cm³/mol. The molecule has 0 atom stereocenters. The van der Waals surface area contributed by atoms with Crippen molar-refractivity contribution >= 4 is 17.2 Å². The number of hydrogen-bond donors (Lipinski definition) is 3. The van der Waals surface area contributed by atoms with Gasteiger partial charge in [-0.1, -0.05) is 0 Å². The summed E-state index contributed by atoms with van der Waals surface area (Å²) >= 11 is 0. The molecule has 0 radical (unpaired) electrons. The van der Waals surface area contributed by atoms with Crippen molar-refractivity contribution in [2.75, 3.05) is 29.5 Å². The highest BCUT2D eigenvalue weighted by atomic mass is 15.1. The Labute approximate surface area is 64.8 Å². The third-order valence-corrected chi connectivity index (χ3v) is 1.64. The molecule has 4 heteroatoms. The molecule has 58 valence electrons. The van der Waals surface area contributed by atoms with E-state index in [1.807, 2.05) is 6.07 Å². The summed E-state index contributed by atoms with van der Waals surface area (Å²) in [6.45, 7) is 1.85. The topological polar surface area (TPSA) is 63.0 Å². The van der Waals surface area contributed by atoms with E-state index in [4.69, 9.17) is 5.73 Å². The fraction of sp³-hybridized carbons (Fsp3) is 0.286. The number of anilines is 3. The lowest BCUT2D eigenvalue weighted by Gasteiger charge is -2.18. The molecule has 0 saturated carbocycles. The molecule has 4 nitrogen and oxygen atoms in total. The average Bonchev–Trinajstić information content (AvgIpc) is 2.04. The summed E-state index contributed by atoms with van der Waals surface area (Å²) in [5.74, 6) is 0.894. The quantitative estimate of drug-likeness (QED) is 0.504. The lowest BCUT2D eigenvalue weighted by atomic mass is 10.3. The minimum absolute atomic E-state index is 0.694. The predicted octanol–water partition coefficient (Wildman–Crippen LogP) is 0.501. The fourth-order valence-electron chi connectivity index (χ4n) is 1.13. The van der Waals surface area contributed by atoms with E-state index in [2.05, 4.69) is 15.6 Å². The van der Waals surface area contributed by atoms with Gasteiger partial charge < -0.3 is 16.4 Å². The molecule has 0 aliphatic carbocycles. The molecule has 1 aromatic heterocycles. The Balaban J connectivity index is 2.43. The Morgan fingerprint density at radius 1 is 1.36 bits per heavy atom. The van der Waals surface area contributed by atoms with Crippen LogP contribution in [0.2, 0.25) is 0 Å². The summed E-state index contributed by atoms with van der Waals surface area (Å²) in [6.07, 6.45) is 1.65. The van der Waals surface area contributed by atoms with Gasteiger partial charge in [0, 0.05) is 13.1 Å². The Hall–Kier alpha value is -1.45. The molecule has 11 heavy (non-hydrogen) atoms. The van der Waals surface area contributed by atoms with Crippen LogP contribution in [0.25, 0.3) is 0 Å². The highest BCUT2D eigenvalue weighted by molar-refractivity contribution is 5.69. The van der Waals surface area contributed by atoms with E-state index in [0.717, 1.165) is 24.6 Å². The number of pyridine rings is 1. The molecule has 0 saturated heterocycles. The second-order valence-electron chi connectivity index (χ2n) is 2.52. The maximum Gasteiger partial charge on any atom is 0.149 e. The third kappa shape index (κ3) is 1.07. The zero-order valence-corrected chi connectivity index (χ0v) is 6.09. The van der Waals surface area contributed by atoms with E-state index in [1.54, 1.807) is 6.20 Å². The Bertz CT molecular complexity index is 271. The largest absolute Gasteiger partial charge is 0.397 e. The minimum Gasteiger partial charge on any atom is -0.397 e. The van der Waals surface area contributed by atoms with Gasteiger partial charge in [-0.2, -0.15) is 0 Å². The van der Waals surface area contributed by atoms with Crippen molar-refractivity contribution in [3.05, 3.63) is 12.3 Å². The van der Waals surface area contributed by atoms with E-state index in [9.17, 15) is 0 Å². The van der Waals surface area contributed by atoms with Crippen LogP contribution < -0.4 is 16.4 Å². The van der Waals surface area contributed by atoms with Crippen molar-refractivity contribution in [1.82, 2.24) is 4.98 Å². The first-order valence-electron chi connectivity index (χ1n) is 3.59. The lowest BCUT2D eigenvalue weighted by molar-refractivity contribution is 1.02. The van der Waals surface area contributed by atoms with E-state index in [-0.39, 0.29) is 0 Å². The number of nitrogen functional groups attached to an aromatic ring is 1. The molecule has 0 amide bonds. The van der Waals surface area contributed by atoms with Crippen LogP contribution in [0.15, 0.2) is 12.3 Å². The van der Waals surface area contributed by atoms with Crippen LogP contribution in [0.5, 0.6) is 0 Å². The van der Waals surface area contributed by atoms with Crippen molar-refractivity contribution < 1.29 is 0 Å². The zero-order chi connectivity index (χ0) is 7.68. The van der Waals surface area contributed by atoms with Gasteiger partial charge in [0.15, 0.2) is 0 Å². The molecule has 0 fully saturated rings. The molecule has 2 heterocycles. The number of nitrogens with one attached hydrogen (secondary N) is 2. The van der Waals surface area contributed by atoms with Gasteiger partial charge in [-0.25, -0.2) is 4.98 Å². The van der Waals surface area contributed by atoms with E-state index < -0.39 is 0 Å². The van der Waals surface area contributed by atoms with E-state index in [0.29, 0.717) is 5.69 Å². The third-order valence-electron chi connectivity index (χ3n) is 1.64. The first-order chi connectivity index (χ1) is 5.36. The van der Waals surface area contributed by atoms with Crippen LogP contribution in [0.3, 0.4) is 0 Å². The standard InChI is InChI=1S/C7H10N4/c8-5-3-6-7(11-4-5)10-2-1-9-6/h3-4,9H,1-2,8H2,(H,10,11). The number of hydrogen-bond acceptors (Lipinski definition) is 4. The molecule has 1 aliphatic heterocycles. The van der Waals surface area contributed by atoms with E-state index in [1.165, 1.54) is 0 Å². The van der Waals surface area contributed by atoms with Crippen molar-refractivity contribution in [3.8, 4) is 0 Å². The van der Waals surface area contributed by atoms with Crippen LogP contribution in [0.4, 0.5) is 17.2 Å². The number of nitrogens with zero attached hydrogens (tertiary/aromatic N) is 1. The van der Waals surface area contributed by atoms with Crippen LogP contribution in [-0.2, 0) is 0 Å².